The lowest BCUT2D eigenvalue weighted by Gasteiger charge is -2.12. The molecule has 0 radical (unpaired) electrons. The Morgan fingerprint density at radius 1 is 1.44 bits per heavy atom. The highest BCUT2D eigenvalue weighted by Crippen LogP contribution is 2.40. The average Bonchev–Trinajstić information content (AvgIpc) is 2.75. The van der Waals surface area contributed by atoms with Crippen molar-refractivity contribution in [1.29, 1.82) is 5.26 Å². The third-order valence-electron chi connectivity index (χ3n) is 3.31. The first-order valence-corrected chi connectivity index (χ1v) is 8.01. The summed E-state index contributed by atoms with van der Waals surface area (Å²) in [7, 11) is -3.17. The van der Waals surface area contributed by atoms with Gasteiger partial charge >= 0.3 is 0 Å². The van der Waals surface area contributed by atoms with Crippen molar-refractivity contribution in [3.8, 4) is 6.07 Å². The molecule has 96 valence electrons. The maximum absolute atomic E-state index is 12.2. The first-order chi connectivity index (χ1) is 8.56. The summed E-state index contributed by atoms with van der Waals surface area (Å²) in [5.74, 6) is 0.0805. The van der Waals surface area contributed by atoms with Crippen LogP contribution in [0.25, 0.3) is 0 Å². The van der Waals surface area contributed by atoms with Gasteiger partial charge in [-0.1, -0.05) is 23.7 Å². The lowest BCUT2D eigenvalue weighted by Crippen LogP contribution is -2.14. The SMILES string of the molecule is N#CCCCS(=O)(=O)C1CCc2c(Cl)cccc21. The molecule has 1 aliphatic rings. The van der Waals surface area contributed by atoms with Crippen molar-refractivity contribution in [2.75, 3.05) is 5.75 Å². The summed E-state index contributed by atoms with van der Waals surface area (Å²) in [6.07, 6.45) is 2.02. The van der Waals surface area contributed by atoms with E-state index in [2.05, 4.69) is 0 Å². The molecule has 3 nitrogen and oxygen atoms in total. The molecule has 1 atom stereocenters. The highest BCUT2D eigenvalue weighted by molar-refractivity contribution is 7.91. The Balaban J connectivity index is 2.23. The Bertz CT molecular complexity index is 589. The standard InChI is InChI=1S/C13H14ClNO2S/c14-12-5-3-4-11-10(12)6-7-13(11)18(16,17)9-2-1-8-15/h3-5,13H,1-2,6-7,9H2. The maximum atomic E-state index is 12.2. The molecule has 1 aromatic carbocycles. The highest BCUT2D eigenvalue weighted by atomic mass is 35.5. The van der Waals surface area contributed by atoms with Crippen molar-refractivity contribution in [1.82, 2.24) is 0 Å². The number of fused-ring (bicyclic) bond motifs is 1. The van der Waals surface area contributed by atoms with E-state index in [4.69, 9.17) is 16.9 Å². The third kappa shape index (κ3) is 2.52. The molecule has 1 aromatic rings. The van der Waals surface area contributed by atoms with E-state index >= 15 is 0 Å². The second-order valence-corrected chi connectivity index (χ2v) is 7.17. The van der Waals surface area contributed by atoms with E-state index in [-0.39, 0.29) is 12.2 Å². The molecule has 0 spiro atoms. The minimum Gasteiger partial charge on any atom is -0.228 e. The molecule has 2 rings (SSSR count). The van der Waals surface area contributed by atoms with E-state index in [0.29, 0.717) is 17.9 Å². The van der Waals surface area contributed by atoms with Crippen molar-refractivity contribution < 1.29 is 8.42 Å². The van der Waals surface area contributed by atoms with Gasteiger partial charge in [0.15, 0.2) is 9.84 Å². The molecule has 0 saturated carbocycles. The van der Waals surface area contributed by atoms with Crippen LogP contribution in [0, 0.1) is 11.3 Å². The quantitative estimate of drug-likeness (QED) is 0.798. The number of sulfone groups is 1. The lowest BCUT2D eigenvalue weighted by atomic mass is 10.1. The van der Waals surface area contributed by atoms with E-state index in [9.17, 15) is 8.42 Å². The fourth-order valence-electron chi connectivity index (χ4n) is 2.44. The minimum atomic E-state index is -3.17. The van der Waals surface area contributed by atoms with Crippen LogP contribution in [-0.2, 0) is 16.3 Å². The first-order valence-electron chi connectivity index (χ1n) is 5.92. The summed E-state index contributed by atoms with van der Waals surface area (Å²) in [6.45, 7) is 0. The molecule has 5 heteroatoms. The zero-order valence-corrected chi connectivity index (χ0v) is 11.5. The van der Waals surface area contributed by atoms with Crippen molar-refractivity contribution in [2.24, 2.45) is 0 Å². The summed E-state index contributed by atoms with van der Waals surface area (Å²) in [4.78, 5) is 0. The zero-order chi connectivity index (χ0) is 13.2. The number of rotatable bonds is 4. The van der Waals surface area contributed by atoms with Gasteiger partial charge in [0.25, 0.3) is 0 Å². The van der Waals surface area contributed by atoms with Crippen LogP contribution < -0.4 is 0 Å². The van der Waals surface area contributed by atoms with Crippen LogP contribution >= 0.6 is 11.6 Å². The van der Waals surface area contributed by atoms with E-state index < -0.39 is 15.1 Å². The van der Waals surface area contributed by atoms with Gasteiger partial charge in [0.1, 0.15) is 0 Å². The summed E-state index contributed by atoms with van der Waals surface area (Å²) in [5.41, 5.74) is 1.81. The molecule has 1 unspecified atom stereocenters. The van der Waals surface area contributed by atoms with Gasteiger partial charge in [-0.05, 0) is 36.5 Å². The fourth-order valence-corrected chi connectivity index (χ4v) is 4.63. The molecule has 0 fully saturated rings. The normalized spacial score (nSPS) is 18.3. The fraction of sp³-hybridized carbons (Fsp3) is 0.462. The maximum Gasteiger partial charge on any atom is 0.157 e. The van der Waals surface area contributed by atoms with Gasteiger partial charge in [0.05, 0.1) is 17.1 Å². The number of benzene rings is 1. The molecule has 0 saturated heterocycles. The average molecular weight is 284 g/mol. The van der Waals surface area contributed by atoms with Gasteiger partial charge in [-0.3, -0.25) is 0 Å². The van der Waals surface area contributed by atoms with Gasteiger partial charge in [0, 0.05) is 11.4 Å². The number of hydrogen-bond acceptors (Lipinski definition) is 3. The summed E-state index contributed by atoms with van der Waals surface area (Å²) < 4.78 is 24.5. The van der Waals surface area contributed by atoms with Crippen molar-refractivity contribution in [3.05, 3.63) is 34.3 Å². The lowest BCUT2D eigenvalue weighted by molar-refractivity contribution is 0.578. The Morgan fingerprint density at radius 3 is 2.94 bits per heavy atom. The minimum absolute atomic E-state index is 0.0805. The number of halogens is 1. The zero-order valence-electron chi connectivity index (χ0n) is 9.89. The van der Waals surface area contributed by atoms with E-state index in [1.54, 1.807) is 12.1 Å². The summed E-state index contributed by atoms with van der Waals surface area (Å²) in [6, 6.07) is 7.41. The molecular formula is C13H14ClNO2S. The van der Waals surface area contributed by atoms with Crippen LogP contribution in [0.3, 0.4) is 0 Å². The Kier molecular flexibility index (Phi) is 3.94. The van der Waals surface area contributed by atoms with Crippen LogP contribution in [0.2, 0.25) is 5.02 Å². The van der Waals surface area contributed by atoms with Crippen molar-refractivity contribution in [2.45, 2.75) is 30.9 Å². The molecule has 0 aromatic heterocycles. The number of nitrogens with zero attached hydrogens (tertiary/aromatic N) is 1. The smallest absolute Gasteiger partial charge is 0.157 e. The largest absolute Gasteiger partial charge is 0.228 e. The second kappa shape index (κ2) is 5.29. The molecule has 0 amide bonds. The Labute approximate surface area is 112 Å². The van der Waals surface area contributed by atoms with Crippen LogP contribution in [0.1, 0.15) is 35.6 Å². The number of unbranched alkanes of at least 4 members (excludes halogenated alkanes) is 1. The number of hydrogen-bond donors (Lipinski definition) is 0. The van der Waals surface area contributed by atoms with Crippen LogP contribution in [-0.4, -0.2) is 14.2 Å². The van der Waals surface area contributed by atoms with E-state index in [1.807, 2.05) is 12.1 Å². The van der Waals surface area contributed by atoms with Crippen molar-refractivity contribution >= 4 is 21.4 Å². The molecule has 0 bridgehead atoms. The predicted molar refractivity (Wildman–Crippen MR) is 71.1 cm³/mol. The predicted octanol–water partition coefficient (Wildman–Crippen LogP) is 3.05. The van der Waals surface area contributed by atoms with Crippen LogP contribution in [0.15, 0.2) is 18.2 Å². The molecule has 0 N–H and O–H groups in total. The number of nitriles is 1. The second-order valence-electron chi connectivity index (χ2n) is 4.46. The molecule has 18 heavy (non-hydrogen) atoms. The van der Waals surface area contributed by atoms with E-state index in [1.165, 1.54) is 0 Å². The third-order valence-corrected chi connectivity index (χ3v) is 5.88. The summed E-state index contributed by atoms with van der Waals surface area (Å²) in [5, 5.41) is 8.68. The van der Waals surface area contributed by atoms with Gasteiger partial charge in [-0.25, -0.2) is 8.42 Å². The van der Waals surface area contributed by atoms with Gasteiger partial charge in [-0.15, -0.1) is 0 Å². The van der Waals surface area contributed by atoms with E-state index in [0.717, 1.165) is 17.5 Å². The highest BCUT2D eigenvalue weighted by Gasteiger charge is 2.33. The molecule has 1 aliphatic carbocycles. The first kappa shape index (κ1) is 13.4. The Morgan fingerprint density at radius 2 is 2.22 bits per heavy atom. The summed E-state index contributed by atoms with van der Waals surface area (Å²) >= 11 is 6.07. The Hall–Kier alpha value is -1.05. The monoisotopic (exact) mass is 283 g/mol. The van der Waals surface area contributed by atoms with Gasteiger partial charge in [0.2, 0.25) is 0 Å². The topological polar surface area (TPSA) is 57.9 Å². The van der Waals surface area contributed by atoms with Crippen molar-refractivity contribution in [3.63, 3.8) is 0 Å². The van der Waals surface area contributed by atoms with Crippen LogP contribution in [0.4, 0.5) is 0 Å². The van der Waals surface area contributed by atoms with Gasteiger partial charge in [-0.2, -0.15) is 5.26 Å². The molecule has 0 heterocycles. The van der Waals surface area contributed by atoms with Gasteiger partial charge < -0.3 is 0 Å². The molecule has 0 aliphatic heterocycles. The molecular weight excluding hydrogens is 270 g/mol. The van der Waals surface area contributed by atoms with Crippen LogP contribution in [0.5, 0.6) is 0 Å².